The topological polar surface area (TPSA) is 78.5 Å². The van der Waals surface area contributed by atoms with Crippen molar-refractivity contribution >= 4 is 17.7 Å². The van der Waals surface area contributed by atoms with E-state index in [0.29, 0.717) is 13.1 Å². The van der Waals surface area contributed by atoms with Crippen molar-refractivity contribution in [3.8, 4) is 0 Å². The molecule has 0 spiro atoms. The van der Waals surface area contributed by atoms with E-state index in [9.17, 15) is 14.4 Å². The standard InChI is InChI=1S/C11H19N3O3/c1-8(15)12-6-11(17)14-5-3-4-10(7-14)13-9(2)16/h10H,3-7H2,1-2H3,(H,12,15)(H,13,16)/t10-/m0/s1. The van der Waals surface area contributed by atoms with Gasteiger partial charge in [-0.1, -0.05) is 0 Å². The van der Waals surface area contributed by atoms with Crippen molar-refractivity contribution in [2.75, 3.05) is 19.6 Å². The van der Waals surface area contributed by atoms with E-state index in [1.165, 1.54) is 13.8 Å². The summed E-state index contributed by atoms with van der Waals surface area (Å²) < 4.78 is 0. The van der Waals surface area contributed by atoms with Crippen LogP contribution < -0.4 is 10.6 Å². The molecular formula is C11H19N3O3. The van der Waals surface area contributed by atoms with Crippen LogP contribution in [0.15, 0.2) is 0 Å². The van der Waals surface area contributed by atoms with Crippen LogP contribution in [0.25, 0.3) is 0 Å². The third-order valence-electron chi connectivity index (χ3n) is 2.67. The molecule has 1 fully saturated rings. The molecule has 0 bridgehead atoms. The first kappa shape index (κ1) is 13.5. The lowest BCUT2D eigenvalue weighted by atomic mass is 10.1. The fourth-order valence-electron chi connectivity index (χ4n) is 1.92. The van der Waals surface area contributed by atoms with Gasteiger partial charge in [0, 0.05) is 33.0 Å². The number of piperidine rings is 1. The van der Waals surface area contributed by atoms with E-state index in [0.717, 1.165) is 12.8 Å². The van der Waals surface area contributed by atoms with Gasteiger partial charge in [0.15, 0.2) is 0 Å². The third kappa shape index (κ3) is 4.84. The Labute approximate surface area is 101 Å². The maximum Gasteiger partial charge on any atom is 0.242 e. The largest absolute Gasteiger partial charge is 0.352 e. The van der Waals surface area contributed by atoms with Gasteiger partial charge in [-0.2, -0.15) is 0 Å². The molecule has 1 rings (SSSR count). The second kappa shape index (κ2) is 6.22. The molecule has 1 aliphatic rings. The molecule has 0 aromatic rings. The van der Waals surface area contributed by atoms with E-state index in [1.807, 2.05) is 0 Å². The highest BCUT2D eigenvalue weighted by Crippen LogP contribution is 2.09. The maximum absolute atomic E-state index is 11.7. The van der Waals surface area contributed by atoms with Crippen LogP contribution in [-0.4, -0.2) is 48.3 Å². The first-order valence-corrected chi connectivity index (χ1v) is 5.78. The number of hydrogen-bond acceptors (Lipinski definition) is 3. The molecule has 1 aliphatic heterocycles. The van der Waals surface area contributed by atoms with Crippen LogP contribution in [0.3, 0.4) is 0 Å². The summed E-state index contributed by atoms with van der Waals surface area (Å²) >= 11 is 0. The van der Waals surface area contributed by atoms with Crippen LogP contribution >= 0.6 is 0 Å². The first-order valence-electron chi connectivity index (χ1n) is 5.78. The smallest absolute Gasteiger partial charge is 0.242 e. The number of carbonyl (C=O) groups is 3. The molecule has 96 valence electrons. The van der Waals surface area contributed by atoms with E-state index in [-0.39, 0.29) is 30.3 Å². The van der Waals surface area contributed by atoms with Crippen molar-refractivity contribution in [2.24, 2.45) is 0 Å². The number of nitrogens with zero attached hydrogens (tertiary/aromatic N) is 1. The van der Waals surface area contributed by atoms with Crippen LogP contribution in [0.4, 0.5) is 0 Å². The summed E-state index contributed by atoms with van der Waals surface area (Å²) in [5, 5.41) is 5.29. The highest BCUT2D eigenvalue weighted by molar-refractivity contribution is 5.83. The average Bonchev–Trinajstić information content (AvgIpc) is 2.25. The Morgan fingerprint density at radius 2 is 1.94 bits per heavy atom. The van der Waals surface area contributed by atoms with Gasteiger partial charge < -0.3 is 15.5 Å². The van der Waals surface area contributed by atoms with Crippen molar-refractivity contribution < 1.29 is 14.4 Å². The highest BCUT2D eigenvalue weighted by Gasteiger charge is 2.23. The molecule has 0 unspecified atom stereocenters. The van der Waals surface area contributed by atoms with Gasteiger partial charge in [0.1, 0.15) is 0 Å². The number of likely N-dealkylation sites (tertiary alicyclic amines) is 1. The van der Waals surface area contributed by atoms with Gasteiger partial charge in [-0.15, -0.1) is 0 Å². The lowest BCUT2D eigenvalue weighted by Crippen LogP contribution is -2.51. The van der Waals surface area contributed by atoms with E-state index in [2.05, 4.69) is 10.6 Å². The van der Waals surface area contributed by atoms with Crippen molar-refractivity contribution in [1.29, 1.82) is 0 Å². The molecule has 0 saturated carbocycles. The van der Waals surface area contributed by atoms with Crippen molar-refractivity contribution in [3.05, 3.63) is 0 Å². The van der Waals surface area contributed by atoms with E-state index >= 15 is 0 Å². The molecule has 0 aliphatic carbocycles. The summed E-state index contributed by atoms with van der Waals surface area (Å²) in [7, 11) is 0. The van der Waals surface area contributed by atoms with Crippen LogP contribution in [0.5, 0.6) is 0 Å². The van der Waals surface area contributed by atoms with Crippen LogP contribution in [-0.2, 0) is 14.4 Å². The Kier molecular flexibility index (Phi) is 4.93. The molecule has 6 nitrogen and oxygen atoms in total. The molecule has 1 heterocycles. The van der Waals surface area contributed by atoms with Gasteiger partial charge >= 0.3 is 0 Å². The molecule has 2 N–H and O–H groups in total. The van der Waals surface area contributed by atoms with Gasteiger partial charge in [0.25, 0.3) is 0 Å². The van der Waals surface area contributed by atoms with Gasteiger partial charge in [0.05, 0.1) is 6.54 Å². The fourth-order valence-corrected chi connectivity index (χ4v) is 1.92. The van der Waals surface area contributed by atoms with Crippen molar-refractivity contribution in [3.63, 3.8) is 0 Å². The van der Waals surface area contributed by atoms with Gasteiger partial charge in [-0.3, -0.25) is 14.4 Å². The summed E-state index contributed by atoms with van der Waals surface area (Å²) in [6, 6.07) is 0.0301. The molecule has 17 heavy (non-hydrogen) atoms. The molecular weight excluding hydrogens is 222 g/mol. The molecule has 0 radical (unpaired) electrons. The lowest BCUT2D eigenvalue weighted by Gasteiger charge is -2.33. The predicted octanol–water partition coefficient (Wildman–Crippen LogP) is -0.750. The quantitative estimate of drug-likeness (QED) is 0.682. The summed E-state index contributed by atoms with van der Waals surface area (Å²) in [4.78, 5) is 35.0. The normalized spacial score (nSPS) is 19.6. The molecule has 1 atom stereocenters. The van der Waals surface area contributed by atoms with Crippen LogP contribution in [0, 0.1) is 0 Å². The Morgan fingerprint density at radius 3 is 2.53 bits per heavy atom. The zero-order chi connectivity index (χ0) is 12.8. The number of nitrogens with one attached hydrogen (secondary N) is 2. The fraction of sp³-hybridized carbons (Fsp3) is 0.727. The maximum atomic E-state index is 11.7. The second-order valence-corrected chi connectivity index (χ2v) is 4.29. The summed E-state index contributed by atoms with van der Waals surface area (Å²) in [6.45, 7) is 4.09. The minimum absolute atomic E-state index is 0.0299. The Morgan fingerprint density at radius 1 is 1.24 bits per heavy atom. The molecule has 0 aromatic heterocycles. The monoisotopic (exact) mass is 241 g/mol. The van der Waals surface area contributed by atoms with E-state index < -0.39 is 0 Å². The first-order chi connectivity index (χ1) is 7.99. The van der Waals surface area contributed by atoms with E-state index in [4.69, 9.17) is 0 Å². The molecule has 1 saturated heterocycles. The molecule has 0 aromatic carbocycles. The predicted molar refractivity (Wildman–Crippen MR) is 62.1 cm³/mol. The Bertz CT molecular complexity index is 317. The zero-order valence-electron chi connectivity index (χ0n) is 10.3. The van der Waals surface area contributed by atoms with Gasteiger partial charge in [-0.05, 0) is 12.8 Å². The summed E-state index contributed by atoms with van der Waals surface area (Å²) in [5.74, 6) is -0.393. The summed E-state index contributed by atoms with van der Waals surface area (Å²) in [5.41, 5.74) is 0. The van der Waals surface area contributed by atoms with Gasteiger partial charge in [-0.25, -0.2) is 0 Å². The van der Waals surface area contributed by atoms with Gasteiger partial charge in [0.2, 0.25) is 17.7 Å². The SMILES string of the molecule is CC(=O)NCC(=O)N1CCC[C@H](NC(C)=O)C1. The summed E-state index contributed by atoms with van der Waals surface area (Å²) in [6.07, 6.45) is 1.76. The van der Waals surface area contributed by atoms with Crippen LogP contribution in [0.1, 0.15) is 26.7 Å². The Hall–Kier alpha value is -1.59. The van der Waals surface area contributed by atoms with Crippen molar-refractivity contribution in [2.45, 2.75) is 32.7 Å². The third-order valence-corrected chi connectivity index (χ3v) is 2.67. The number of hydrogen-bond donors (Lipinski definition) is 2. The minimum Gasteiger partial charge on any atom is -0.352 e. The minimum atomic E-state index is -0.214. The van der Waals surface area contributed by atoms with Crippen LogP contribution in [0.2, 0.25) is 0 Å². The van der Waals surface area contributed by atoms with E-state index in [1.54, 1.807) is 4.90 Å². The molecule has 3 amide bonds. The number of rotatable bonds is 3. The number of amides is 3. The average molecular weight is 241 g/mol. The number of carbonyl (C=O) groups excluding carboxylic acids is 3. The highest BCUT2D eigenvalue weighted by atomic mass is 16.2. The molecule has 6 heteroatoms. The lowest BCUT2D eigenvalue weighted by molar-refractivity contribution is -0.134. The Balaban J connectivity index is 2.40. The van der Waals surface area contributed by atoms with Crippen molar-refractivity contribution in [1.82, 2.24) is 15.5 Å². The second-order valence-electron chi connectivity index (χ2n) is 4.29. The zero-order valence-corrected chi connectivity index (χ0v) is 10.3.